The van der Waals surface area contributed by atoms with Gasteiger partial charge in [-0.3, -0.25) is 0 Å². The largest absolute Gasteiger partial charge is 0.467 e. The Morgan fingerprint density at radius 3 is 2.57 bits per heavy atom. The third kappa shape index (κ3) is 1.88. The van der Waals surface area contributed by atoms with E-state index in [1.54, 1.807) is 0 Å². The van der Waals surface area contributed by atoms with Crippen molar-refractivity contribution in [3.05, 3.63) is 0 Å². The first-order chi connectivity index (χ1) is 6.65. The van der Waals surface area contributed by atoms with Crippen LogP contribution in [0.1, 0.15) is 0 Å². The van der Waals surface area contributed by atoms with E-state index in [0.717, 1.165) is 0 Å². The Labute approximate surface area is 81.4 Å². The molecular weight excluding hydrogens is 192 g/mol. The maximum absolute atomic E-state index is 11.2. The van der Waals surface area contributed by atoms with E-state index in [-0.39, 0.29) is 6.61 Å². The van der Waals surface area contributed by atoms with Gasteiger partial charge >= 0.3 is 5.97 Å². The second-order valence-corrected chi connectivity index (χ2v) is 2.99. The summed E-state index contributed by atoms with van der Waals surface area (Å²) in [4.78, 5) is 11.2. The summed E-state index contributed by atoms with van der Waals surface area (Å²) < 4.78 is 14.5. The lowest BCUT2D eigenvalue weighted by Crippen LogP contribution is -2.39. The summed E-state index contributed by atoms with van der Waals surface area (Å²) in [5.41, 5.74) is 0. The maximum atomic E-state index is 11.2. The molecule has 6 heteroatoms. The van der Waals surface area contributed by atoms with E-state index < -0.39 is 30.4 Å². The molecule has 0 saturated carbocycles. The highest BCUT2D eigenvalue weighted by Crippen LogP contribution is 2.24. The predicted octanol–water partition coefficient (Wildman–Crippen LogP) is -1.70. The van der Waals surface area contributed by atoms with Gasteiger partial charge in [-0.2, -0.15) is 0 Å². The summed E-state index contributed by atoms with van der Waals surface area (Å²) in [6.45, 7) is -0.367. The fraction of sp³-hybridized carbons (Fsp3) is 0.875. The van der Waals surface area contributed by atoms with Gasteiger partial charge in [0.05, 0.1) is 13.7 Å². The van der Waals surface area contributed by atoms with E-state index in [1.165, 1.54) is 14.2 Å². The molecule has 0 aliphatic carbocycles. The average Bonchev–Trinajstić information content (AvgIpc) is 2.53. The third-order valence-electron chi connectivity index (χ3n) is 2.22. The fourth-order valence-corrected chi connectivity index (χ4v) is 1.46. The van der Waals surface area contributed by atoms with Crippen LogP contribution < -0.4 is 0 Å². The molecule has 82 valence electrons. The Kier molecular flexibility index (Phi) is 3.82. The van der Waals surface area contributed by atoms with E-state index in [0.29, 0.717) is 0 Å². The number of rotatable bonds is 3. The summed E-state index contributed by atoms with van der Waals surface area (Å²) in [5, 5.41) is 18.4. The van der Waals surface area contributed by atoms with Crippen LogP contribution in [0.15, 0.2) is 0 Å². The highest BCUT2D eigenvalue weighted by atomic mass is 16.6. The van der Waals surface area contributed by atoms with Crippen LogP contribution in [0, 0.1) is 0 Å². The minimum Gasteiger partial charge on any atom is -0.467 e. The van der Waals surface area contributed by atoms with Gasteiger partial charge in [0.25, 0.3) is 0 Å². The van der Waals surface area contributed by atoms with Gasteiger partial charge in [0.1, 0.15) is 18.3 Å². The number of aliphatic hydroxyl groups is 2. The van der Waals surface area contributed by atoms with Crippen molar-refractivity contribution in [1.29, 1.82) is 0 Å². The van der Waals surface area contributed by atoms with Crippen molar-refractivity contribution < 1.29 is 29.2 Å². The molecule has 0 amide bonds. The Morgan fingerprint density at radius 1 is 1.50 bits per heavy atom. The molecule has 0 spiro atoms. The van der Waals surface area contributed by atoms with Crippen LogP contribution in [0.2, 0.25) is 0 Å². The number of hydrogen-bond donors (Lipinski definition) is 2. The highest BCUT2D eigenvalue weighted by molar-refractivity contribution is 5.76. The van der Waals surface area contributed by atoms with Gasteiger partial charge in [-0.25, -0.2) is 4.79 Å². The van der Waals surface area contributed by atoms with Gasteiger partial charge in [-0.05, 0) is 0 Å². The van der Waals surface area contributed by atoms with Crippen molar-refractivity contribution in [2.24, 2.45) is 0 Å². The SMILES string of the molecule is COC(=O)[C@H]1O[C@H](CO)[C@H](O)[C@H]1OC. The Hall–Kier alpha value is -0.690. The summed E-state index contributed by atoms with van der Waals surface area (Å²) in [5.74, 6) is -0.619. The smallest absolute Gasteiger partial charge is 0.337 e. The van der Waals surface area contributed by atoms with Crippen LogP contribution in [0.3, 0.4) is 0 Å². The van der Waals surface area contributed by atoms with Crippen LogP contribution >= 0.6 is 0 Å². The zero-order valence-electron chi connectivity index (χ0n) is 8.04. The Morgan fingerprint density at radius 2 is 2.14 bits per heavy atom. The number of carbonyl (C=O) groups is 1. The first-order valence-electron chi connectivity index (χ1n) is 4.20. The van der Waals surface area contributed by atoms with Gasteiger partial charge in [-0.1, -0.05) is 0 Å². The molecule has 1 fully saturated rings. The summed E-state index contributed by atoms with van der Waals surface area (Å²) in [6.07, 6.45) is -3.59. The fourth-order valence-electron chi connectivity index (χ4n) is 1.46. The van der Waals surface area contributed by atoms with E-state index >= 15 is 0 Å². The molecular formula is C8H14O6. The van der Waals surface area contributed by atoms with Gasteiger partial charge in [0.15, 0.2) is 6.10 Å². The standard InChI is InChI=1S/C8H14O6/c1-12-6-5(10)4(3-9)14-7(6)8(11)13-2/h4-7,9-10H,3H2,1-2H3/t4-,5+,6-,7+/m1/s1. The lowest BCUT2D eigenvalue weighted by molar-refractivity contribution is -0.158. The van der Waals surface area contributed by atoms with Crippen molar-refractivity contribution in [3.63, 3.8) is 0 Å². The van der Waals surface area contributed by atoms with Gasteiger partial charge < -0.3 is 24.4 Å². The second-order valence-electron chi connectivity index (χ2n) is 2.99. The first kappa shape index (κ1) is 11.4. The van der Waals surface area contributed by atoms with Crippen LogP contribution in [-0.4, -0.2) is 61.4 Å². The third-order valence-corrected chi connectivity index (χ3v) is 2.22. The molecule has 2 N–H and O–H groups in total. The minimum absolute atomic E-state index is 0.367. The maximum Gasteiger partial charge on any atom is 0.337 e. The van der Waals surface area contributed by atoms with Crippen LogP contribution in [-0.2, 0) is 19.0 Å². The number of ether oxygens (including phenoxy) is 3. The average molecular weight is 206 g/mol. The highest BCUT2D eigenvalue weighted by Gasteiger charge is 2.47. The Balaban J connectivity index is 2.72. The van der Waals surface area contributed by atoms with Crippen molar-refractivity contribution in [2.45, 2.75) is 24.4 Å². The molecule has 4 atom stereocenters. The molecule has 0 radical (unpaired) electrons. The molecule has 6 nitrogen and oxygen atoms in total. The Bertz CT molecular complexity index is 206. The van der Waals surface area contributed by atoms with Crippen LogP contribution in [0.4, 0.5) is 0 Å². The molecule has 1 aliphatic heterocycles. The van der Waals surface area contributed by atoms with E-state index in [1.807, 2.05) is 0 Å². The topological polar surface area (TPSA) is 85.2 Å². The molecule has 1 rings (SSSR count). The summed E-state index contributed by atoms with van der Waals surface area (Å²) >= 11 is 0. The monoisotopic (exact) mass is 206 g/mol. The molecule has 1 aliphatic rings. The zero-order valence-corrected chi connectivity index (χ0v) is 8.04. The normalized spacial score (nSPS) is 37.1. The molecule has 1 saturated heterocycles. The molecule has 0 aromatic rings. The number of aliphatic hydroxyl groups excluding tert-OH is 2. The van der Waals surface area contributed by atoms with Crippen molar-refractivity contribution >= 4 is 5.97 Å². The lowest BCUT2D eigenvalue weighted by atomic mass is 10.1. The van der Waals surface area contributed by atoms with Gasteiger partial charge in [0.2, 0.25) is 0 Å². The molecule has 0 unspecified atom stereocenters. The number of hydrogen-bond acceptors (Lipinski definition) is 6. The van der Waals surface area contributed by atoms with E-state index in [9.17, 15) is 9.90 Å². The van der Waals surface area contributed by atoms with Crippen molar-refractivity contribution in [3.8, 4) is 0 Å². The molecule has 0 bridgehead atoms. The quantitative estimate of drug-likeness (QED) is 0.535. The first-order valence-corrected chi connectivity index (χ1v) is 4.20. The van der Waals surface area contributed by atoms with E-state index in [4.69, 9.17) is 14.6 Å². The lowest BCUT2D eigenvalue weighted by Gasteiger charge is -2.16. The second kappa shape index (κ2) is 4.70. The summed E-state index contributed by atoms with van der Waals surface area (Å²) in [6, 6.07) is 0. The van der Waals surface area contributed by atoms with Crippen molar-refractivity contribution in [2.75, 3.05) is 20.8 Å². The van der Waals surface area contributed by atoms with Gasteiger partial charge in [0, 0.05) is 7.11 Å². The molecule has 14 heavy (non-hydrogen) atoms. The van der Waals surface area contributed by atoms with Crippen LogP contribution in [0.5, 0.6) is 0 Å². The predicted molar refractivity (Wildman–Crippen MR) is 44.6 cm³/mol. The number of methoxy groups -OCH3 is 2. The van der Waals surface area contributed by atoms with Crippen LogP contribution in [0.25, 0.3) is 0 Å². The van der Waals surface area contributed by atoms with Crippen molar-refractivity contribution in [1.82, 2.24) is 0 Å². The number of carbonyl (C=O) groups excluding carboxylic acids is 1. The van der Waals surface area contributed by atoms with E-state index in [2.05, 4.69) is 4.74 Å². The molecule has 0 aromatic heterocycles. The molecule has 0 aromatic carbocycles. The van der Waals surface area contributed by atoms with Gasteiger partial charge in [-0.15, -0.1) is 0 Å². The number of esters is 1. The zero-order chi connectivity index (χ0) is 10.7. The summed E-state index contributed by atoms with van der Waals surface area (Å²) in [7, 11) is 2.57. The molecule has 1 heterocycles. The minimum atomic E-state index is -1.02.